The molecule has 2 aromatic heterocycles. The Bertz CT molecular complexity index is 1360. The lowest BCUT2D eigenvalue weighted by Gasteiger charge is -2.43. The molecule has 2 N–H and O–H groups in total. The van der Waals surface area contributed by atoms with E-state index in [0.717, 1.165) is 46.5 Å². The van der Waals surface area contributed by atoms with Crippen LogP contribution in [0.5, 0.6) is 11.5 Å². The molecule has 38 heavy (non-hydrogen) atoms. The number of likely N-dealkylation sites (tertiary alicyclic amines) is 1. The van der Waals surface area contributed by atoms with Crippen molar-refractivity contribution in [1.82, 2.24) is 24.3 Å². The van der Waals surface area contributed by atoms with Gasteiger partial charge >= 0.3 is 0 Å². The monoisotopic (exact) mass is 510 g/mol. The van der Waals surface area contributed by atoms with Gasteiger partial charge in [0.05, 0.1) is 5.39 Å². The van der Waals surface area contributed by atoms with Crippen LogP contribution in [0, 0.1) is 0 Å². The van der Waals surface area contributed by atoms with Crippen LogP contribution in [0.3, 0.4) is 0 Å². The number of piperidine rings is 1. The number of rotatable bonds is 6. The highest BCUT2D eigenvalue weighted by molar-refractivity contribution is 6.00. The van der Waals surface area contributed by atoms with Crippen LogP contribution in [-0.4, -0.2) is 63.6 Å². The van der Waals surface area contributed by atoms with Gasteiger partial charge in [0, 0.05) is 36.4 Å². The highest BCUT2D eigenvalue weighted by atomic mass is 16.5. The molecule has 0 amide bonds. The van der Waals surface area contributed by atoms with E-state index in [4.69, 9.17) is 15.5 Å². The first-order chi connectivity index (χ1) is 18.6. The molecule has 7 nitrogen and oxygen atoms in total. The Morgan fingerprint density at radius 3 is 2.32 bits per heavy atom. The summed E-state index contributed by atoms with van der Waals surface area (Å²) in [4.78, 5) is 14.2. The first-order valence-electron chi connectivity index (χ1n) is 13.9. The average molecular weight is 511 g/mol. The van der Waals surface area contributed by atoms with Gasteiger partial charge in [-0.05, 0) is 89.0 Å². The third-order valence-corrected chi connectivity index (χ3v) is 8.52. The molecule has 1 aliphatic heterocycles. The van der Waals surface area contributed by atoms with Crippen LogP contribution in [0.2, 0.25) is 0 Å². The summed E-state index contributed by atoms with van der Waals surface area (Å²) in [7, 11) is 4.44. The van der Waals surface area contributed by atoms with Gasteiger partial charge in [0.2, 0.25) is 0 Å². The predicted octanol–water partition coefficient (Wildman–Crippen LogP) is 5.98. The molecular formula is C31H38N6O. The van der Waals surface area contributed by atoms with Gasteiger partial charge in [0.15, 0.2) is 0 Å². The number of anilines is 1. The zero-order valence-corrected chi connectivity index (χ0v) is 22.5. The van der Waals surface area contributed by atoms with Crippen LogP contribution in [0.1, 0.15) is 44.6 Å². The molecule has 1 aliphatic carbocycles. The second-order valence-corrected chi connectivity index (χ2v) is 11.1. The minimum Gasteiger partial charge on any atom is -0.457 e. The molecule has 1 atom stereocenters. The molecule has 2 aromatic carbocycles. The van der Waals surface area contributed by atoms with Gasteiger partial charge in [-0.15, -0.1) is 0 Å². The number of benzene rings is 2. The topological polar surface area (TPSA) is 72.4 Å². The van der Waals surface area contributed by atoms with E-state index in [9.17, 15) is 0 Å². The van der Waals surface area contributed by atoms with Crippen molar-refractivity contribution in [2.24, 2.45) is 0 Å². The predicted molar refractivity (Wildman–Crippen MR) is 153 cm³/mol. The number of aromatic nitrogens is 3. The van der Waals surface area contributed by atoms with Crippen molar-refractivity contribution in [2.45, 2.75) is 56.7 Å². The Balaban J connectivity index is 1.22. The molecule has 198 valence electrons. The van der Waals surface area contributed by atoms with Gasteiger partial charge in [-0.2, -0.15) is 0 Å². The van der Waals surface area contributed by atoms with Crippen molar-refractivity contribution < 1.29 is 4.74 Å². The van der Waals surface area contributed by atoms with Crippen molar-refractivity contribution >= 4 is 16.9 Å². The summed E-state index contributed by atoms with van der Waals surface area (Å²) in [5.74, 6) is 2.16. The third kappa shape index (κ3) is 5.00. The maximum absolute atomic E-state index is 6.43. The molecule has 0 bridgehead atoms. The molecule has 7 heteroatoms. The summed E-state index contributed by atoms with van der Waals surface area (Å²) >= 11 is 0. The number of hydrogen-bond acceptors (Lipinski definition) is 6. The van der Waals surface area contributed by atoms with Crippen LogP contribution >= 0.6 is 0 Å². The van der Waals surface area contributed by atoms with Crippen LogP contribution in [0.25, 0.3) is 22.2 Å². The normalized spacial score (nSPS) is 22.7. The number of nitrogen functional groups attached to an aromatic ring is 1. The fraction of sp³-hybridized carbons (Fsp3) is 0.419. The summed E-state index contributed by atoms with van der Waals surface area (Å²) < 4.78 is 8.37. The Morgan fingerprint density at radius 1 is 0.868 bits per heavy atom. The van der Waals surface area contributed by atoms with E-state index in [1.165, 1.54) is 38.8 Å². The van der Waals surface area contributed by atoms with E-state index < -0.39 is 0 Å². The van der Waals surface area contributed by atoms with Crippen molar-refractivity contribution in [3.05, 3.63) is 67.1 Å². The van der Waals surface area contributed by atoms with Crippen LogP contribution < -0.4 is 10.5 Å². The second-order valence-electron chi connectivity index (χ2n) is 11.1. The Hall–Kier alpha value is -3.42. The second kappa shape index (κ2) is 10.8. The summed E-state index contributed by atoms with van der Waals surface area (Å²) in [5, 5.41) is 0.941. The minimum atomic E-state index is 0.423. The van der Waals surface area contributed by atoms with Crippen LogP contribution in [0.4, 0.5) is 5.82 Å². The molecule has 0 spiro atoms. The highest BCUT2D eigenvalue weighted by Crippen LogP contribution is 2.39. The van der Waals surface area contributed by atoms with Gasteiger partial charge in [-0.1, -0.05) is 30.3 Å². The van der Waals surface area contributed by atoms with Crippen LogP contribution in [-0.2, 0) is 0 Å². The molecule has 6 rings (SSSR count). The largest absolute Gasteiger partial charge is 0.457 e. The lowest BCUT2D eigenvalue weighted by atomic mass is 9.88. The quantitative estimate of drug-likeness (QED) is 0.344. The van der Waals surface area contributed by atoms with Crippen LogP contribution in [0.15, 0.2) is 67.1 Å². The minimum absolute atomic E-state index is 0.423. The zero-order chi connectivity index (χ0) is 26.1. The Morgan fingerprint density at radius 2 is 1.58 bits per heavy atom. The molecule has 3 heterocycles. The van der Waals surface area contributed by atoms with Crippen molar-refractivity contribution in [1.29, 1.82) is 0 Å². The van der Waals surface area contributed by atoms with Gasteiger partial charge < -0.3 is 19.9 Å². The molecule has 0 unspecified atom stereocenters. The molecule has 2 fully saturated rings. The summed E-state index contributed by atoms with van der Waals surface area (Å²) in [6.07, 6.45) is 11.2. The van der Waals surface area contributed by atoms with Crippen molar-refractivity contribution in [2.75, 3.05) is 32.9 Å². The first-order valence-corrected chi connectivity index (χ1v) is 13.9. The average Bonchev–Trinajstić information content (AvgIpc) is 3.35. The lowest BCUT2D eigenvalue weighted by molar-refractivity contribution is 0.0713. The smallest absolute Gasteiger partial charge is 0.146 e. The summed E-state index contributed by atoms with van der Waals surface area (Å²) in [6.45, 7) is 2.44. The maximum atomic E-state index is 6.43. The van der Waals surface area contributed by atoms with Crippen molar-refractivity contribution in [3.8, 4) is 22.6 Å². The molecule has 0 radical (unpaired) electrons. The number of hydrogen-bond donors (Lipinski definition) is 1. The van der Waals surface area contributed by atoms with E-state index >= 15 is 0 Å². The lowest BCUT2D eigenvalue weighted by Crippen LogP contribution is -2.50. The standard InChI is InChI=1S/C31H38N6O/c1-35(2)25-7-6-18-36(19-25)23-12-14-24(15-13-23)37-20-28(29-30(32)33-21-34-31(29)37)22-10-16-27(17-11-22)38-26-8-4-3-5-9-26/h3-5,8-11,16-17,20-21,23-25H,6-7,12-15,18-19H2,1-2H3,(H2,32,33,34)/t23-,24-,25-/m1/s1. The van der Waals surface area contributed by atoms with E-state index in [2.05, 4.69) is 51.8 Å². The van der Waals surface area contributed by atoms with E-state index in [-0.39, 0.29) is 0 Å². The molecule has 2 aliphatic rings. The molecule has 1 saturated heterocycles. The zero-order valence-electron chi connectivity index (χ0n) is 22.5. The highest BCUT2D eigenvalue weighted by Gasteiger charge is 2.31. The number of para-hydroxylation sites is 1. The number of ether oxygens (including phenoxy) is 1. The van der Waals surface area contributed by atoms with E-state index in [0.29, 0.717) is 23.9 Å². The molecule has 1 saturated carbocycles. The van der Waals surface area contributed by atoms with E-state index in [1.54, 1.807) is 6.33 Å². The number of fused-ring (bicyclic) bond motifs is 1. The summed E-state index contributed by atoms with van der Waals surface area (Å²) in [5.41, 5.74) is 9.53. The van der Waals surface area contributed by atoms with Gasteiger partial charge in [0.25, 0.3) is 0 Å². The summed E-state index contributed by atoms with van der Waals surface area (Å²) in [6, 6.07) is 19.9. The number of nitrogens with zero attached hydrogens (tertiary/aromatic N) is 5. The van der Waals surface area contributed by atoms with Gasteiger partial charge in [-0.25, -0.2) is 9.97 Å². The SMILES string of the molecule is CN(C)[C@@H]1CCCN([C@H]2CC[C@H](n3cc(-c4ccc(Oc5ccccc5)cc4)c4c(N)ncnc43)CC2)C1. The van der Waals surface area contributed by atoms with Crippen molar-refractivity contribution in [3.63, 3.8) is 0 Å². The third-order valence-electron chi connectivity index (χ3n) is 8.52. The fourth-order valence-corrected chi connectivity index (χ4v) is 6.37. The van der Waals surface area contributed by atoms with Gasteiger partial charge in [-0.3, -0.25) is 4.90 Å². The maximum Gasteiger partial charge on any atom is 0.146 e. The van der Waals surface area contributed by atoms with E-state index in [1.807, 2.05) is 42.5 Å². The first kappa shape index (κ1) is 24.9. The molecular weight excluding hydrogens is 472 g/mol. The number of likely N-dealkylation sites (N-methyl/N-ethyl adjacent to an activating group) is 1. The molecule has 4 aromatic rings. The number of nitrogens with two attached hydrogens (primary N) is 1. The Kier molecular flexibility index (Phi) is 7.04. The fourth-order valence-electron chi connectivity index (χ4n) is 6.37. The van der Waals surface area contributed by atoms with Gasteiger partial charge in [0.1, 0.15) is 29.3 Å². The Labute approximate surface area is 225 Å².